The minimum atomic E-state index is -0.610. The smallest absolute Gasteiger partial charge is 0.288 e. The van der Waals surface area contributed by atoms with E-state index >= 15 is 0 Å². The Labute approximate surface area is 146 Å². The predicted molar refractivity (Wildman–Crippen MR) is 94.3 cm³/mol. The summed E-state index contributed by atoms with van der Waals surface area (Å²) in [4.78, 5) is 22.7. The minimum Gasteiger partial charge on any atom is -0.321 e. The molecule has 0 heterocycles. The highest BCUT2D eigenvalue weighted by Crippen LogP contribution is 2.28. The lowest BCUT2D eigenvalue weighted by Gasteiger charge is -2.14. The molecule has 0 aromatic heterocycles. The Balaban J connectivity index is 2.37. The van der Waals surface area contributed by atoms with Gasteiger partial charge in [0, 0.05) is 21.8 Å². The standard InChI is InChI=1S/C16H14BrClN2O3/c1-3-10-7-12(17)6-9(2)15(10)19-16(21)11-4-5-13(18)14(8-11)20(22)23/h4-8H,3H2,1-2H3,(H,19,21). The van der Waals surface area contributed by atoms with Gasteiger partial charge in [-0.1, -0.05) is 34.5 Å². The number of anilines is 1. The number of nitrogens with zero attached hydrogens (tertiary/aromatic N) is 1. The van der Waals surface area contributed by atoms with Crippen molar-refractivity contribution in [3.05, 3.63) is 66.6 Å². The molecule has 0 aliphatic heterocycles. The molecule has 0 saturated carbocycles. The maximum absolute atomic E-state index is 12.4. The lowest BCUT2D eigenvalue weighted by atomic mass is 10.1. The number of carbonyl (C=O) groups is 1. The molecule has 1 amide bonds. The van der Waals surface area contributed by atoms with Gasteiger partial charge in [0.2, 0.25) is 0 Å². The summed E-state index contributed by atoms with van der Waals surface area (Å²) in [5.41, 5.74) is 2.51. The molecule has 7 heteroatoms. The molecule has 0 aliphatic carbocycles. The Bertz CT molecular complexity index is 793. The lowest BCUT2D eigenvalue weighted by Crippen LogP contribution is -2.14. The third-order valence-electron chi connectivity index (χ3n) is 3.41. The SMILES string of the molecule is CCc1cc(Br)cc(C)c1NC(=O)c1ccc(Cl)c([N+](=O)[O-])c1. The number of nitro groups is 1. The number of benzene rings is 2. The van der Waals surface area contributed by atoms with E-state index in [-0.39, 0.29) is 16.3 Å². The van der Waals surface area contributed by atoms with E-state index in [0.29, 0.717) is 0 Å². The summed E-state index contributed by atoms with van der Waals surface area (Å²) in [6, 6.07) is 7.83. The number of rotatable bonds is 4. The van der Waals surface area contributed by atoms with Crippen LogP contribution in [-0.2, 0) is 6.42 Å². The van der Waals surface area contributed by atoms with E-state index in [1.54, 1.807) is 0 Å². The fraction of sp³-hybridized carbons (Fsp3) is 0.188. The number of hydrogen-bond acceptors (Lipinski definition) is 3. The Morgan fingerprint density at radius 2 is 2.04 bits per heavy atom. The van der Waals surface area contributed by atoms with Crippen LogP contribution in [0.4, 0.5) is 11.4 Å². The van der Waals surface area contributed by atoms with Gasteiger partial charge in [0.05, 0.1) is 4.92 Å². The van der Waals surface area contributed by atoms with Crippen LogP contribution >= 0.6 is 27.5 Å². The van der Waals surface area contributed by atoms with E-state index < -0.39 is 10.8 Å². The fourth-order valence-electron chi connectivity index (χ4n) is 2.25. The van der Waals surface area contributed by atoms with Crippen molar-refractivity contribution >= 4 is 44.8 Å². The normalized spacial score (nSPS) is 10.4. The van der Waals surface area contributed by atoms with Gasteiger partial charge in [-0.2, -0.15) is 0 Å². The third kappa shape index (κ3) is 3.89. The molecule has 5 nitrogen and oxygen atoms in total. The largest absolute Gasteiger partial charge is 0.321 e. The summed E-state index contributed by atoms with van der Waals surface area (Å²) in [6.07, 6.45) is 0.747. The molecule has 120 valence electrons. The molecule has 2 aromatic rings. The molecule has 0 bridgehead atoms. The maximum atomic E-state index is 12.4. The lowest BCUT2D eigenvalue weighted by molar-refractivity contribution is -0.384. The third-order valence-corrected chi connectivity index (χ3v) is 4.18. The molecular formula is C16H14BrClN2O3. The summed E-state index contributed by atoms with van der Waals surface area (Å²) >= 11 is 9.20. The van der Waals surface area contributed by atoms with E-state index in [1.807, 2.05) is 26.0 Å². The molecule has 0 aliphatic rings. The van der Waals surface area contributed by atoms with Crippen LogP contribution in [0.1, 0.15) is 28.4 Å². The van der Waals surface area contributed by atoms with Crippen molar-refractivity contribution in [2.24, 2.45) is 0 Å². The highest BCUT2D eigenvalue weighted by atomic mass is 79.9. The van der Waals surface area contributed by atoms with Crippen LogP contribution in [0.15, 0.2) is 34.8 Å². The molecule has 0 saturated heterocycles. The first-order valence-corrected chi connectivity index (χ1v) is 8.05. The number of aryl methyl sites for hydroxylation is 2. The van der Waals surface area contributed by atoms with E-state index in [1.165, 1.54) is 18.2 Å². The van der Waals surface area contributed by atoms with Crippen LogP contribution in [0, 0.1) is 17.0 Å². The highest BCUT2D eigenvalue weighted by Gasteiger charge is 2.17. The van der Waals surface area contributed by atoms with Crippen molar-refractivity contribution in [2.75, 3.05) is 5.32 Å². The first-order valence-electron chi connectivity index (χ1n) is 6.87. The second kappa shape index (κ2) is 7.10. The molecule has 23 heavy (non-hydrogen) atoms. The molecule has 0 radical (unpaired) electrons. The van der Waals surface area contributed by atoms with Crippen molar-refractivity contribution in [1.82, 2.24) is 0 Å². The van der Waals surface area contributed by atoms with Crippen molar-refractivity contribution in [3.8, 4) is 0 Å². The second-order valence-corrected chi connectivity index (χ2v) is 6.31. The van der Waals surface area contributed by atoms with E-state index in [0.717, 1.165) is 27.7 Å². The number of hydrogen-bond donors (Lipinski definition) is 1. The van der Waals surface area contributed by atoms with Crippen LogP contribution in [0.3, 0.4) is 0 Å². The highest BCUT2D eigenvalue weighted by molar-refractivity contribution is 9.10. The monoisotopic (exact) mass is 396 g/mol. The van der Waals surface area contributed by atoms with Crippen LogP contribution < -0.4 is 5.32 Å². The quantitative estimate of drug-likeness (QED) is 0.574. The zero-order valence-corrected chi connectivity index (χ0v) is 14.9. The molecule has 2 aromatic carbocycles. The number of nitrogens with one attached hydrogen (secondary N) is 1. The molecular weight excluding hydrogens is 384 g/mol. The number of nitro benzene ring substituents is 1. The maximum Gasteiger partial charge on any atom is 0.288 e. The molecule has 0 unspecified atom stereocenters. The van der Waals surface area contributed by atoms with E-state index in [9.17, 15) is 14.9 Å². The van der Waals surface area contributed by atoms with Crippen molar-refractivity contribution in [1.29, 1.82) is 0 Å². The zero-order chi connectivity index (χ0) is 17.1. The molecule has 2 rings (SSSR count). The fourth-order valence-corrected chi connectivity index (χ4v) is 3.06. The van der Waals surface area contributed by atoms with E-state index in [4.69, 9.17) is 11.6 Å². The van der Waals surface area contributed by atoms with Gasteiger partial charge in [-0.3, -0.25) is 14.9 Å². The Kier molecular flexibility index (Phi) is 5.38. The predicted octanol–water partition coefficient (Wildman–Crippen LogP) is 5.13. The van der Waals surface area contributed by atoms with Gasteiger partial charge in [-0.05, 0) is 48.7 Å². The van der Waals surface area contributed by atoms with Gasteiger partial charge < -0.3 is 5.32 Å². The van der Waals surface area contributed by atoms with Crippen LogP contribution in [-0.4, -0.2) is 10.8 Å². The Morgan fingerprint density at radius 1 is 1.35 bits per heavy atom. The summed E-state index contributed by atoms with van der Waals surface area (Å²) in [6.45, 7) is 3.88. The van der Waals surface area contributed by atoms with Gasteiger partial charge in [-0.15, -0.1) is 0 Å². The van der Waals surface area contributed by atoms with Crippen LogP contribution in [0.2, 0.25) is 5.02 Å². The van der Waals surface area contributed by atoms with Crippen molar-refractivity contribution in [3.63, 3.8) is 0 Å². The molecule has 1 N–H and O–H groups in total. The van der Waals surface area contributed by atoms with Gasteiger partial charge in [0.1, 0.15) is 5.02 Å². The summed E-state index contributed by atoms with van der Waals surface area (Å²) in [7, 11) is 0. The van der Waals surface area contributed by atoms with Crippen LogP contribution in [0.25, 0.3) is 0 Å². The number of halogens is 2. The van der Waals surface area contributed by atoms with E-state index in [2.05, 4.69) is 21.2 Å². The summed E-state index contributed by atoms with van der Waals surface area (Å²) < 4.78 is 0.937. The number of carbonyl (C=O) groups excluding carboxylic acids is 1. The zero-order valence-electron chi connectivity index (χ0n) is 12.5. The molecule has 0 atom stereocenters. The Hall–Kier alpha value is -1.92. The molecule has 0 spiro atoms. The van der Waals surface area contributed by atoms with Gasteiger partial charge in [0.15, 0.2) is 0 Å². The number of amides is 1. The van der Waals surface area contributed by atoms with Gasteiger partial charge in [-0.25, -0.2) is 0 Å². The minimum absolute atomic E-state index is 0.000574. The van der Waals surface area contributed by atoms with Crippen molar-refractivity contribution < 1.29 is 9.72 Å². The van der Waals surface area contributed by atoms with Gasteiger partial charge in [0.25, 0.3) is 11.6 Å². The molecule has 0 fully saturated rings. The van der Waals surface area contributed by atoms with Gasteiger partial charge >= 0.3 is 0 Å². The summed E-state index contributed by atoms with van der Waals surface area (Å²) in [5, 5.41) is 13.8. The first-order chi connectivity index (χ1) is 10.8. The first kappa shape index (κ1) is 17.4. The Morgan fingerprint density at radius 3 is 2.65 bits per heavy atom. The second-order valence-electron chi connectivity index (χ2n) is 4.99. The van der Waals surface area contributed by atoms with Crippen molar-refractivity contribution in [2.45, 2.75) is 20.3 Å². The topological polar surface area (TPSA) is 72.2 Å². The average Bonchev–Trinajstić information content (AvgIpc) is 2.49. The van der Waals surface area contributed by atoms with Crippen LogP contribution in [0.5, 0.6) is 0 Å². The average molecular weight is 398 g/mol. The summed E-state index contributed by atoms with van der Waals surface area (Å²) in [5.74, 6) is -0.412.